The molecule has 3 N–H and O–H groups in total. The van der Waals surface area contributed by atoms with Crippen molar-refractivity contribution in [1.29, 1.82) is 0 Å². The van der Waals surface area contributed by atoms with Gasteiger partial charge >= 0.3 is 11.8 Å². The van der Waals surface area contributed by atoms with Crippen molar-refractivity contribution >= 4 is 40.0 Å². The Morgan fingerprint density at radius 2 is 1.79 bits per heavy atom. The van der Waals surface area contributed by atoms with Gasteiger partial charge < -0.3 is 34.9 Å². The van der Waals surface area contributed by atoms with E-state index in [9.17, 15) is 9.59 Å². The zero-order valence-corrected chi connectivity index (χ0v) is 27.8. The number of aromatic nitrogens is 1. The number of pyridine rings is 1. The van der Waals surface area contributed by atoms with E-state index in [1.54, 1.807) is 43.5 Å². The van der Waals surface area contributed by atoms with Gasteiger partial charge in [0.25, 0.3) is 0 Å². The van der Waals surface area contributed by atoms with Crippen LogP contribution in [-0.4, -0.2) is 56.8 Å². The van der Waals surface area contributed by atoms with Crippen molar-refractivity contribution in [2.75, 3.05) is 45.3 Å². The summed E-state index contributed by atoms with van der Waals surface area (Å²) in [6.45, 7) is 5.30. The molecule has 4 aromatic rings. The van der Waals surface area contributed by atoms with Crippen LogP contribution in [0.25, 0.3) is 10.9 Å². The van der Waals surface area contributed by atoms with E-state index in [-0.39, 0.29) is 18.0 Å². The molecule has 1 saturated heterocycles. The van der Waals surface area contributed by atoms with Crippen LogP contribution in [0.5, 0.6) is 28.9 Å². The molecule has 1 aliphatic heterocycles. The normalized spacial score (nSPS) is 13.2. The number of methoxy groups -OCH3 is 1. The highest BCUT2D eigenvalue weighted by molar-refractivity contribution is 6.39. The minimum atomic E-state index is -0.927. The lowest BCUT2D eigenvalue weighted by Gasteiger charge is -2.22. The second-order valence-electron chi connectivity index (χ2n) is 11.5. The summed E-state index contributed by atoms with van der Waals surface area (Å²) in [6.07, 6.45) is 4.44. The first-order valence-corrected chi connectivity index (χ1v) is 16.5. The van der Waals surface area contributed by atoms with Crippen LogP contribution in [0.1, 0.15) is 38.2 Å². The Balaban J connectivity index is 1.19. The van der Waals surface area contributed by atoms with E-state index >= 15 is 4.39 Å². The summed E-state index contributed by atoms with van der Waals surface area (Å²) in [5.74, 6) is -0.296. The second-order valence-corrected chi connectivity index (χ2v) is 11.9. The van der Waals surface area contributed by atoms with Gasteiger partial charge in [-0.25, -0.2) is 9.37 Å². The van der Waals surface area contributed by atoms with Crippen molar-refractivity contribution in [2.24, 2.45) is 5.92 Å². The molecule has 0 saturated carbocycles. The Bertz CT molecular complexity index is 1730. The molecule has 0 aliphatic carbocycles. The van der Waals surface area contributed by atoms with E-state index < -0.39 is 17.6 Å². The van der Waals surface area contributed by atoms with Crippen LogP contribution in [0.2, 0.25) is 5.02 Å². The summed E-state index contributed by atoms with van der Waals surface area (Å²) in [4.78, 5) is 29.6. The summed E-state index contributed by atoms with van der Waals surface area (Å²) in [6, 6.07) is 16.3. The van der Waals surface area contributed by atoms with Gasteiger partial charge in [0.1, 0.15) is 17.2 Å². The Labute approximate surface area is 284 Å². The van der Waals surface area contributed by atoms with Gasteiger partial charge in [-0.3, -0.25) is 9.59 Å². The lowest BCUT2D eigenvalue weighted by molar-refractivity contribution is -0.136. The summed E-state index contributed by atoms with van der Waals surface area (Å²) in [5, 5.41) is 9.44. The van der Waals surface area contributed by atoms with Crippen LogP contribution in [0, 0.1) is 11.7 Å². The molecule has 2 heterocycles. The van der Waals surface area contributed by atoms with Gasteiger partial charge in [0, 0.05) is 29.8 Å². The summed E-state index contributed by atoms with van der Waals surface area (Å²) in [7, 11) is 1.55. The standard InChI is InChI=1S/C36H40ClFN4O6/c1-3-4-17-46-31-9-5-23(18-28(31)37)13-16-40-35(43)36(44)41-25-6-10-32(29(38)19-25)48-33-21-34(47-22-24-11-14-39-15-12-24)42-30-8-7-26(45-2)20-27(30)33/h5-10,18-21,24,39H,3-4,11-17,22H2,1-2H3,(H,40,43)(H,41,44). The van der Waals surface area contributed by atoms with Gasteiger partial charge in [0.2, 0.25) is 5.88 Å². The van der Waals surface area contributed by atoms with Crippen LogP contribution in [-0.2, 0) is 16.0 Å². The number of nitrogens with zero attached hydrogens (tertiary/aromatic N) is 1. The first-order valence-electron chi connectivity index (χ1n) is 16.1. The van der Waals surface area contributed by atoms with Crippen molar-refractivity contribution in [1.82, 2.24) is 15.6 Å². The molecule has 1 aliphatic rings. The molecule has 0 radical (unpaired) electrons. The average molecular weight is 679 g/mol. The molecule has 48 heavy (non-hydrogen) atoms. The highest BCUT2D eigenvalue weighted by Crippen LogP contribution is 2.36. The van der Waals surface area contributed by atoms with Crippen molar-refractivity contribution in [3.8, 4) is 28.9 Å². The topological polar surface area (TPSA) is 120 Å². The van der Waals surface area contributed by atoms with Crippen molar-refractivity contribution in [2.45, 2.75) is 39.0 Å². The second kappa shape index (κ2) is 17.0. The molecule has 0 bridgehead atoms. The fraction of sp³-hybridized carbons (Fsp3) is 0.361. The quantitative estimate of drug-likeness (QED) is 0.0998. The monoisotopic (exact) mass is 678 g/mol. The predicted molar refractivity (Wildman–Crippen MR) is 183 cm³/mol. The summed E-state index contributed by atoms with van der Waals surface area (Å²) in [5.41, 5.74) is 1.57. The third-order valence-corrected chi connectivity index (χ3v) is 8.24. The summed E-state index contributed by atoms with van der Waals surface area (Å²) < 4.78 is 38.4. The Morgan fingerprint density at radius 1 is 0.979 bits per heavy atom. The highest BCUT2D eigenvalue weighted by Gasteiger charge is 2.18. The largest absolute Gasteiger partial charge is 0.497 e. The highest BCUT2D eigenvalue weighted by atomic mass is 35.5. The molecule has 1 aromatic heterocycles. The van der Waals surface area contributed by atoms with Gasteiger partial charge in [-0.2, -0.15) is 0 Å². The SMILES string of the molecule is CCCCOc1ccc(CCNC(=O)C(=O)Nc2ccc(Oc3cc(OCC4CCNCC4)nc4ccc(OC)cc34)c(F)c2)cc1Cl. The molecule has 1 fully saturated rings. The maximum atomic E-state index is 15.3. The number of amides is 2. The number of carbonyl (C=O) groups excluding carboxylic acids is 2. The van der Waals surface area contributed by atoms with E-state index in [1.807, 2.05) is 6.07 Å². The number of anilines is 1. The van der Waals surface area contributed by atoms with E-state index in [0.29, 0.717) is 64.6 Å². The van der Waals surface area contributed by atoms with Crippen molar-refractivity contribution < 1.29 is 32.9 Å². The fourth-order valence-corrected chi connectivity index (χ4v) is 5.46. The fourth-order valence-electron chi connectivity index (χ4n) is 5.20. The number of hydrogen-bond donors (Lipinski definition) is 3. The van der Waals surface area contributed by atoms with E-state index in [2.05, 4.69) is 27.9 Å². The van der Waals surface area contributed by atoms with E-state index in [1.165, 1.54) is 12.1 Å². The number of nitrogens with one attached hydrogen (secondary N) is 3. The van der Waals surface area contributed by atoms with Gasteiger partial charge in [-0.1, -0.05) is 31.0 Å². The van der Waals surface area contributed by atoms with E-state index in [4.69, 9.17) is 30.5 Å². The lowest BCUT2D eigenvalue weighted by Crippen LogP contribution is -2.36. The molecular weight excluding hydrogens is 639 g/mol. The number of piperidine rings is 1. The van der Waals surface area contributed by atoms with Crippen LogP contribution >= 0.6 is 11.6 Å². The lowest BCUT2D eigenvalue weighted by atomic mass is 9.99. The van der Waals surface area contributed by atoms with Crippen LogP contribution < -0.4 is 34.9 Å². The van der Waals surface area contributed by atoms with Crippen molar-refractivity contribution in [3.05, 3.63) is 77.1 Å². The first kappa shape index (κ1) is 34.7. The molecule has 0 spiro atoms. The van der Waals surface area contributed by atoms with Gasteiger partial charge in [0.05, 0.1) is 30.9 Å². The van der Waals surface area contributed by atoms with E-state index in [0.717, 1.165) is 50.4 Å². The number of unbranched alkanes of at least 4 members (excludes halogenated alkanes) is 1. The maximum Gasteiger partial charge on any atom is 0.313 e. The van der Waals surface area contributed by atoms with Crippen molar-refractivity contribution in [3.63, 3.8) is 0 Å². The predicted octanol–water partition coefficient (Wildman–Crippen LogP) is 6.68. The molecule has 2 amide bonds. The minimum Gasteiger partial charge on any atom is -0.497 e. The molecule has 12 heteroatoms. The Kier molecular flexibility index (Phi) is 12.3. The summed E-state index contributed by atoms with van der Waals surface area (Å²) >= 11 is 6.31. The molecule has 0 atom stereocenters. The molecule has 0 unspecified atom stereocenters. The first-order chi connectivity index (χ1) is 23.3. The molecule has 3 aromatic carbocycles. The number of rotatable bonds is 14. The number of fused-ring (bicyclic) bond motifs is 1. The molecule has 254 valence electrons. The van der Waals surface area contributed by atoms with Gasteiger partial charge in [-0.15, -0.1) is 0 Å². The van der Waals surface area contributed by atoms with Gasteiger partial charge in [-0.05, 0) is 92.7 Å². The Morgan fingerprint density at radius 3 is 2.54 bits per heavy atom. The van der Waals surface area contributed by atoms with Crippen LogP contribution in [0.3, 0.4) is 0 Å². The number of benzene rings is 3. The average Bonchev–Trinajstić information content (AvgIpc) is 3.09. The number of hydrogen-bond acceptors (Lipinski definition) is 8. The third kappa shape index (κ3) is 9.48. The maximum absolute atomic E-state index is 15.3. The molecular formula is C36H40ClFN4O6. The smallest absolute Gasteiger partial charge is 0.313 e. The third-order valence-electron chi connectivity index (χ3n) is 7.95. The number of carbonyl (C=O) groups is 2. The minimum absolute atomic E-state index is 0.0856. The number of ether oxygens (including phenoxy) is 4. The van der Waals surface area contributed by atoms with Crippen LogP contribution in [0.4, 0.5) is 10.1 Å². The molecule has 5 rings (SSSR count). The zero-order chi connectivity index (χ0) is 33.9. The molecule has 10 nitrogen and oxygen atoms in total. The van der Waals surface area contributed by atoms with Crippen LogP contribution in [0.15, 0.2) is 60.7 Å². The van der Waals surface area contributed by atoms with Gasteiger partial charge in [0.15, 0.2) is 11.6 Å². The Hall–Kier alpha value is -4.61. The zero-order valence-electron chi connectivity index (χ0n) is 27.1. The number of halogens is 2.